The van der Waals surface area contributed by atoms with E-state index in [0.717, 1.165) is 18.5 Å². The molecule has 0 saturated carbocycles. The first-order chi connectivity index (χ1) is 29.3. The minimum Gasteiger partial charge on any atom is -0.491 e. The van der Waals surface area contributed by atoms with E-state index in [2.05, 4.69) is 19.1 Å². The topological polar surface area (TPSA) is 137 Å². The average molecular weight is 839 g/mol. The third-order valence-corrected chi connectivity index (χ3v) is 8.47. The number of benzene rings is 2. The van der Waals surface area contributed by atoms with E-state index < -0.39 is 0 Å². The number of carbonyl (C=O) groups is 1. The largest absolute Gasteiger partial charge is 0.491 e. The van der Waals surface area contributed by atoms with Crippen molar-refractivity contribution in [1.82, 2.24) is 0 Å². The highest BCUT2D eigenvalue weighted by Gasteiger charge is 2.00. The molecule has 0 N–H and O–H groups in total. The Morgan fingerprint density at radius 2 is 0.610 bits per heavy atom. The van der Waals surface area contributed by atoms with Crippen molar-refractivity contribution in [2.45, 2.75) is 51.9 Å². The molecule has 0 saturated heterocycles. The Bertz CT molecular complexity index is 1150. The van der Waals surface area contributed by atoms with Gasteiger partial charge >= 0.3 is 0 Å². The zero-order chi connectivity index (χ0) is 41.8. The number of ether oxygens (including phenoxy) is 13. The number of unbranched alkanes of at least 4 members (excludes halogenated alkanes) is 5. The SMILES string of the molecule is CCCCCCCCc1ccc(OCCOCCOCCOCCOCCOCCOCCOCCOCCOCCOCCOCCOc2ccc(C=O)cc2)cc1. The molecular formula is C45H74O14. The predicted molar refractivity (Wildman–Crippen MR) is 225 cm³/mol. The summed E-state index contributed by atoms with van der Waals surface area (Å²) < 4.78 is 72.0. The number of hydrogen-bond acceptors (Lipinski definition) is 14. The van der Waals surface area contributed by atoms with Gasteiger partial charge in [-0.1, -0.05) is 51.2 Å². The molecule has 2 aromatic rings. The number of aldehydes is 1. The summed E-state index contributed by atoms with van der Waals surface area (Å²) in [5, 5.41) is 0. The van der Waals surface area contributed by atoms with Crippen molar-refractivity contribution < 1.29 is 66.4 Å². The maximum absolute atomic E-state index is 10.7. The molecule has 0 unspecified atom stereocenters. The van der Waals surface area contributed by atoms with Crippen LogP contribution in [0, 0.1) is 0 Å². The zero-order valence-corrected chi connectivity index (χ0v) is 35.8. The second-order valence-electron chi connectivity index (χ2n) is 13.3. The molecule has 14 nitrogen and oxygen atoms in total. The van der Waals surface area contributed by atoms with Gasteiger partial charge in [0.15, 0.2) is 0 Å². The lowest BCUT2D eigenvalue weighted by atomic mass is 10.0. The summed E-state index contributed by atoms with van der Waals surface area (Å²) in [5.74, 6) is 1.58. The molecule has 0 radical (unpaired) electrons. The van der Waals surface area contributed by atoms with Crippen LogP contribution in [0.25, 0.3) is 0 Å². The lowest BCUT2D eigenvalue weighted by Gasteiger charge is -2.09. The fourth-order valence-electron chi connectivity index (χ4n) is 5.24. The molecule has 0 aliphatic rings. The van der Waals surface area contributed by atoms with Gasteiger partial charge in [0.25, 0.3) is 0 Å². The number of rotatable bonds is 46. The van der Waals surface area contributed by atoms with E-state index in [1.807, 2.05) is 12.1 Å². The van der Waals surface area contributed by atoms with Crippen LogP contribution < -0.4 is 9.47 Å². The van der Waals surface area contributed by atoms with Crippen LogP contribution in [0.4, 0.5) is 0 Å². The van der Waals surface area contributed by atoms with E-state index in [9.17, 15) is 4.79 Å². The predicted octanol–water partition coefficient (Wildman–Crippen LogP) is 6.04. The fourth-order valence-corrected chi connectivity index (χ4v) is 5.24. The van der Waals surface area contributed by atoms with Crippen LogP contribution in [0.15, 0.2) is 48.5 Å². The third kappa shape index (κ3) is 34.7. The molecule has 0 aliphatic heterocycles. The minimum atomic E-state index is 0.429. The summed E-state index contributed by atoms with van der Waals surface area (Å²) in [4.78, 5) is 10.7. The normalized spacial score (nSPS) is 11.3. The van der Waals surface area contributed by atoms with E-state index in [-0.39, 0.29) is 0 Å². The van der Waals surface area contributed by atoms with Gasteiger partial charge in [-0.25, -0.2) is 0 Å². The number of aryl methyl sites for hydroxylation is 1. The lowest BCUT2D eigenvalue weighted by Crippen LogP contribution is -2.15. The Balaban J connectivity index is 1.16. The van der Waals surface area contributed by atoms with Crippen LogP contribution in [0.1, 0.15) is 61.4 Å². The van der Waals surface area contributed by atoms with Crippen LogP contribution in [0.2, 0.25) is 0 Å². The Labute approximate surface area is 353 Å². The van der Waals surface area contributed by atoms with Crippen LogP contribution in [-0.2, 0) is 58.5 Å². The zero-order valence-electron chi connectivity index (χ0n) is 35.8. The summed E-state index contributed by atoms with van der Waals surface area (Å²) in [6, 6.07) is 15.4. The monoisotopic (exact) mass is 839 g/mol. The van der Waals surface area contributed by atoms with Crippen LogP contribution >= 0.6 is 0 Å². The fraction of sp³-hybridized carbons (Fsp3) is 0.711. The Morgan fingerprint density at radius 3 is 0.915 bits per heavy atom. The summed E-state index contributed by atoms with van der Waals surface area (Å²) in [5.41, 5.74) is 1.99. The molecule has 0 spiro atoms. The molecule has 0 bridgehead atoms. The molecule has 2 aromatic carbocycles. The van der Waals surface area contributed by atoms with Crippen LogP contribution in [0.3, 0.4) is 0 Å². The first-order valence-corrected chi connectivity index (χ1v) is 21.6. The van der Waals surface area contributed by atoms with Crippen LogP contribution in [-0.4, -0.2) is 165 Å². The van der Waals surface area contributed by atoms with Gasteiger partial charge in [0.05, 0.1) is 145 Å². The van der Waals surface area contributed by atoms with Crippen molar-refractivity contribution in [1.29, 1.82) is 0 Å². The summed E-state index contributed by atoms with van der Waals surface area (Å²) >= 11 is 0. The molecule has 338 valence electrons. The van der Waals surface area contributed by atoms with Gasteiger partial charge in [0, 0.05) is 5.56 Å². The van der Waals surface area contributed by atoms with Gasteiger partial charge in [-0.3, -0.25) is 4.79 Å². The first kappa shape index (κ1) is 52.4. The standard InChI is InChI=1S/C45H74O14/c1-2-3-4-5-6-7-8-42-9-13-44(14-10-42)58-39-37-56-35-33-54-31-29-52-27-25-50-23-21-48-19-17-47-18-20-49-22-24-51-26-28-53-30-32-55-34-36-57-38-40-59-45-15-11-43(41-46)12-16-45/h9-16,41H,2-8,17-40H2,1H3. The maximum Gasteiger partial charge on any atom is 0.150 e. The summed E-state index contributed by atoms with van der Waals surface area (Å²) in [6.45, 7) is 14.2. The molecule has 0 aromatic heterocycles. The van der Waals surface area contributed by atoms with Crippen molar-refractivity contribution >= 4 is 6.29 Å². The van der Waals surface area contributed by atoms with E-state index in [1.54, 1.807) is 24.3 Å². The van der Waals surface area contributed by atoms with Gasteiger partial charge in [-0.15, -0.1) is 0 Å². The quantitative estimate of drug-likeness (QED) is 0.0566. The molecule has 0 fully saturated rings. The Hall–Kier alpha value is -2.73. The summed E-state index contributed by atoms with van der Waals surface area (Å²) in [6.07, 6.45) is 9.86. The second kappa shape index (κ2) is 42.0. The second-order valence-corrected chi connectivity index (χ2v) is 13.3. The molecule has 2 rings (SSSR count). The van der Waals surface area contributed by atoms with E-state index >= 15 is 0 Å². The molecule has 0 heterocycles. The first-order valence-electron chi connectivity index (χ1n) is 21.6. The highest BCUT2D eigenvalue weighted by atomic mass is 16.6. The molecule has 14 heteroatoms. The lowest BCUT2D eigenvalue weighted by molar-refractivity contribution is -0.0279. The Kier molecular flexibility index (Phi) is 37.3. The van der Waals surface area contributed by atoms with Crippen molar-refractivity contribution in [3.63, 3.8) is 0 Å². The molecule has 0 atom stereocenters. The van der Waals surface area contributed by atoms with E-state index in [1.165, 1.54) is 44.1 Å². The average Bonchev–Trinajstić information content (AvgIpc) is 3.26. The van der Waals surface area contributed by atoms with E-state index in [4.69, 9.17) is 61.6 Å². The highest BCUT2D eigenvalue weighted by molar-refractivity contribution is 5.74. The van der Waals surface area contributed by atoms with Gasteiger partial charge in [0.2, 0.25) is 0 Å². The highest BCUT2D eigenvalue weighted by Crippen LogP contribution is 2.15. The van der Waals surface area contributed by atoms with Crippen LogP contribution in [0.5, 0.6) is 11.5 Å². The van der Waals surface area contributed by atoms with Gasteiger partial charge in [-0.2, -0.15) is 0 Å². The van der Waals surface area contributed by atoms with Crippen molar-refractivity contribution in [2.75, 3.05) is 159 Å². The van der Waals surface area contributed by atoms with Gasteiger partial charge < -0.3 is 61.6 Å². The number of carbonyl (C=O) groups excluding carboxylic acids is 1. The molecule has 0 aliphatic carbocycles. The Morgan fingerprint density at radius 1 is 0.339 bits per heavy atom. The molecule has 0 amide bonds. The third-order valence-electron chi connectivity index (χ3n) is 8.47. The minimum absolute atomic E-state index is 0.429. The summed E-state index contributed by atoms with van der Waals surface area (Å²) in [7, 11) is 0. The van der Waals surface area contributed by atoms with E-state index in [0.29, 0.717) is 170 Å². The maximum atomic E-state index is 10.7. The van der Waals surface area contributed by atoms with Crippen molar-refractivity contribution in [3.05, 3.63) is 59.7 Å². The van der Waals surface area contributed by atoms with Crippen molar-refractivity contribution in [3.8, 4) is 11.5 Å². The van der Waals surface area contributed by atoms with Gasteiger partial charge in [0.1, 0.15) is 31.0 Å². The van der Waals surface area contributed by atoms with Gasteiger partial charge in [-0.05, 0) is 54.8 Å². The van der Waals surface area contributed by atoms with Crippen molar-refractivity contribution in [2.24, 2.45) is 0 Å². The number of hydrogen-bond donors (Lipinski definition) is 0. The molecule has 59 heavy (non-hydrogen) atoms. The smallest absolute Gasteiger partial charge is 0.150 e. The molecular weight excluding hydrogens is 764 g/mol.